The van der Waals surface area contributed by atoms with E-state index in [1.54, 1.807) is 6.08 Å². The molecule has 0 aliphatic rings. The maximum absolute atomic E-state index is 10.1. The average molecular weight is 229 g/mol. The van der Waals surface area contributed by atoms with E-state index in [1.807, 2.05) is 6.92 Å². The van der Waals surface area contributed by atoms with Crippen molar-refractivity contribution in [3.63, 3.8) is 0 Å². The van der Waals surface area contributed by atoms with Gasteiger partial charge in [0, 0.05) is 6.08 Å². The molecule has 0 aromatic heterocycles. The summed E-state index contributed by atoms with van der Waals surface area (Å²) in [7, 11) is 0. The fourth-order valence-electron chi connectivity index (χ4n) is 1.23. The van der Waals surface area contributed by atoms with E-state index in [1.165, 1.54) is 38.2 Å². The van der Waals surface area contributed by atoms with Crippen LogP contribution >= 0.6 is 0 Å². The smallest absolute Gasteiger partial charge is 0.327 e. The maximum atomic E-state index is 10.1. The minimum absolute atomic E-state index is 0.750. The zero-order chi connectivity index (χ0) is 12.6. The van der Waals surface area contributed by atoms with Crippen LogP contribution in [0.25, 0.3) is 0 Å². The van der Waals surface area contributed by atoms with Crippen LogP contribution in [-0.2, 0) is 4.79 Å². The molecule has 16 heavy (non-hydrogen) atoms. The Bertz CT molecular complexity index is 167. The van der Waals surface area contributed by atoms with Crippen LogP contribution in [0, 0.1) is 0 Å². The van der Waals surface area contributed by atoms with Gasteiger partial charge in [0.25, 0.3) is 0 Å². The molecule has 0 radical (unpaired) electrons. The molecular weight excluding hydrogens is 202 g/mol. The summed E-state index contributed by atoms with van der Waals surface area (Å²) in [5.41, 5.74) is 4.85. The molecule has 0 spiro atoms. The van der Waals surface area contributed by atoms with Crippen molar-refractivity contribution in [2.45, 2.75) is 58.8 Å². The quantitative estimate of drug-likeness (QED) is 0.495. The second-order valence-corrected chi connectivity index (χ2v) is 3.71. The van der Waals surface area contributed by atoms with Gasteiger partial charge in [-0.25, -0.2) is 4.79 Å². The van der Waals surface area contributed by atoms with Crippen molar-refractivity contribution in [3.05, 3.63) is 12.2 Å². The molecular formula is C13H27NO2. The van der Waals surface area contributed by atoms with E-state index in [2.05, 4.69) is 6.92 Å². The lowest BCUT2D eigenvalue weighted by Crippen LogP contribution is -1.87. The molecule has 0 saturated carbocycles. The molecule has 0 amide bonds. The molecule has 0 atom stereocenters. The van der Waals surface area contributed by atoms with Crippen LogP contribution in [-0.4, -0.2) is 17.6 Å². The number of rotatable bonds is 8. The highest BCUT2D eigenvalue weighted by molar-refractivity contribution is 5.79. The van der Waals surface area contributed by atoms with Gasteiger partial charge in [-0.15, -0.1) is 0 Å². The summed E-state index contributed by atoms with van der Waals surface area (Å²) < 4.78 is 0. The average Bonchev–Trinajstić information content (AvgIpc) is 2.23. The second-order valence-electron chi connectivity index (χ2n) is 3.71. The SMILES string of the molecule is CCCCCCCCC=CC(=O)O.CCN. The Morgan fingerprint density at radius 3 is 2.12 bits per heavy atom. The first-order valence-corrected chi connectivity index (χ1v) is 6.28. The number of unbranched alkanes of at least 4 members (excludes halogenated alkanes) is 6. The zero-order valence-corrected chi connectivity index (χ0v) is 10.7. The van der Waals surface area contributed by atoms with Gasteiger partial charge in [-0.1, -0.05) is 52.0 Å². The number of carbonyl (C=O) groups is 1. The lowest BCUT2D eigenvalue weighted by molar-refractivity contribution is -0.131. The molecule has 3 N–H and O–H groups in total. The third-order valence-electron chi connectivity index (χ3n) is 1.98. The van der Waals surface area contributed by atoms with Crippen molar-refractivity contribution in [2.24, 2.45) is 5.73 Å². The van der Waals surface area contributed by atoms with Crippen molar-refractivity contribution in [1.29, 1.82) is 0 Å². The van der Waals surface area contributed by atoms with E-state index < -0.39 is 5.97 Å². The van der Waals surface area contributed by atoms with Gasteiger partial charge in [0.15, 0.2) is 0 Å². The fourth-order valence-corrected chi connectivity index (χ4v) is 1.23. The number of hydrogen-bond acceptors (Lipinski definition) is 2. The van der Waals surface area contributed by atoms with Crippen molar-refractivity contribution in [1.82, 2.24) is 0 Å². The Kier molecular flexibility index (Phi) is 18.2. The highest BCUT2D eigenvalue weighted by Gasteiger charge is 1.89. The van der Waals surface area contributed by atoms with E-state index in [0.717, 1.165) is 19.4 Å². The molecule has 0 bridgehead atoms. The van der Waals surface area contributed by atoms with Gasteiger partial charge >= 0.3 is 5.97 Å². The molecule has 0 aliphatic heterocycles. The van der Waals surface area contributed by atoms with Gasteiger partial charge in [0.1, 0.15) is 0 Å². The molecule has 0 aliphatic carbocycles. The lowest BCUT2D eigenvalue weighted by atomic mass is 10.1. The molecule has 0 heterocycles. The minimum atomic E-state index is -0.842. The zero-order valence-electron chi connectivity index (χ0n) is 10.7. The summed E-state index contributed by atoms with van der Waals surface area (Å²) in [5.74, 6) is -0.842. The van der Waals surface area contributed by atoms with E-state index >= 15 is 0 Å². The Morgan fingerprint density at radius 2 is 1.62 bits per heavy atom. The third-order valence-corrected chi connectivity index (χ3v) is 1.98. The van der Waals surface area contributed by atoms with Gasteiger partial charge in [0.2, 0.25) is 0 Å². The number of allylic oxidation sites excluding steroid dienone is 1. The van der Waals surface area contributed by atoms with Crippen LogP contribution < -0.4 is 5.73 Å². The standard InChI is InChI=1S/C11H20O2.C2H7N/c1-2-3-4-5-6-7-8-9-10-11(12)13;1-2-3/h9-10H,2-8H2,1H3,(H,12,13);2-3H2,1H3. The van der Waals surface area contributed by atoms with Crippen molar-refractivity contribution in [3.8, 4) is 0 Å². The van der Waals surface area contributed by atoms with Crippen LogP contribution in [0.2, 0.25) is 0 Å². The summed E-state index contributed by atoms with van der Waals surface area (Å²) in [6.07, 6.45) is 11.4. The molecule has 0 fully saturated rings. The van der Waals surface area contributed by atoms with Crippen LogP contribution in [0.15, 0.2) is 12.2 Å². The monoisotopic (exact) mass is 229 g/mol. The van der Waals surface area contributed by atoms with Crippen LogP contribution in [0.5, 0.6) is 0 Å². The van der Waals surface area contributed by atoms with E-state index in [4.69, 9.17) is 10.8 Å². The van der Waals surface area contributed by atoms with Crippen molar-refractivity contribution in [2.75, 3.05) is 6.54 Å². The molecule has 0 saturated heterocycles. The first-order chi connectivity index (χ1) is 7.68. The van der Waals surface area contributed by atoms with Gasteiger partial charge in [-0.05, 0) is 19.4 Å². The highest BCUT2D eigenvalue weighted by atomic mass is 16.4. The predicted octanol–water partition coefficient (Wildman–Crippen LogP) is 3.34. The van der Waals surface area contributed by atoms with Crippen molar-refractivity contribution < 1.29 is 9.90 Å². The van der Waals surface area contributed by atoms with Crippen LogP contribution in [0.1, 0.15) is 58.8 Å². The maximum Gasteiger partial charge on any atom is 0.327 e. The van der Waals surface area contributed by atoms with Crippen molar-refractivity contribution >= 4 is 5.97 Å². The third kappa shape index (κ3) is 23.2. The molecule has 96 valence electrons. The molecule has 0 aromatic carbocycles. The molecule has 3 heteroatoms. The lowest BCUT2D eigenvalue weighted by Gasteiger charge is -1.96. The first kappa shape index (κ1) is 17.6. The van der Waals surface area contributed by atoms with Gasteiger partial charge in [0.05, 0.1) is 0 Å². The number of carboxylic acids is 1. The topological polar surface area (TPSA) is 63.3 Å². The summed E-state index contributed by atoms with van der Waals surface area (Å²) in [6.45, 7) is 4.86. The number of carboxylic acid groups (broad SMARTS) is 1. The summed E-state index contributed by atoms with van der Waals surface area (Å²) >= 11 is 0. The first-order valence-electron chi connectivity index (χ1n) is 6.28. The summed E-state index contributed by atoms with van der Waals surface area (Å²) in [5, 5.41) is 8.30. The van der Waals surface area contributed by atoms with Gasteiger partial charge in [-0.2, -0.15) is 0 Å². The van der Waals surface area contributed by atoms with Gasteiger partial charge < -0.3 is 10.8 Å². The second kappa shape index (κ2) is 16.6. The van der Waals surface area contributed by atoms with Crippen LogP contribution in [0.3, 0.4) is 0 Å². The Balaban J connectivity index is 0. The molecule has 3 nitrogen and oxygen atoms in total. The summed E-state index contributed by atoms with van der Waals surface area (Å²) in [6, 6.07) is 0. The van der Waals surface area contributed by atoms with Crippen LogP contribution in [0.4, 0.5) is 0 Å². The Morgan fingerprint density at radius 1 is 1.12 bits per heavy atom. The Hall–Kier alpha value is -0.830. The van der Waals surface area contributed by atoms with Gasteiger partial charge in [-0.3, -0.25) is 0 Å². The number of hydrogen-bond donors (Lipinski definition) is 2. The largest absolute Gasteiger partial charge is 0.478 e. The minimum Gasteiger partial charge on any atom is -0.478 e. The molecule has 0 unspecified atom stereocenters. The number of nitrogens with two attached hydrogens (primary N) is 1. The predicted molar refractivity (Wildman–Crippen MR) is 69.5 cm³/mol. The normalized spacial score (nSPS) is 9.94. The molecule has 0 aromatic rings. The Labute approximate surface area is 99.7 Å². The number of aliphatic carboxylic acids is 1. The van der Waals surface area contributed by atoms with E-state index in [9.17, 15) is 4.79 Å². The fraction of sp³-hybridized carbons (Fsp3) is 0.769. The van der Waals surface area contributed by atoms with E-state index in [-0.39, 0.29) is 0 Å². The summed E-state index contributed by atoms with van der Waals surface area (Å²) in [4.78, 5) is 10.1. The molecule has 0 rings (SSSR count). The van der Waals surface area contributed by atoms with E-state index in [0.29, 0.717) is 0 Å². The highest BCUT2D eigenvalue weighted by Crippen LogP contribution is 2.06.